The van der Waals surface area contributed by atoms with Crippen LogP contribution in [0, 0.1) is 0 Å². The number of benzene rings is 2. The van der Waals surface area contributed by atoms with Crippen LogP contribution in [0.3, 0.4) is 0 Å². The van der Waals surface area contributed by atoms with Crippen molar-refractivity contribution >= 4 is 0 Å². The number of aryl methyl sites for hydroxylation is 2. The summed E-state index contributed by atoms with van der Waals surface area (Å²) in [5, 5.41) is 10.6. The molecular weight excluding hydrogens is 258 g/mol. The highest BCUT2D eigenvalue weighted by atomic mass is 16.3. The summed E-state index contributed by atoms with van der Waals surface area (Å²) in [6.07, 6.45) is 3.64. The second-order valence-corrected chi connectivity index (χ2v) is 5.85. The third-order valence-electron chi connectivity index (χ3n) is 3.96. The van der Waals surface area contributed by atoms with Gasteiger partial charge < -0.3 is 10.8 Å². The maximum Gasteiger partial charge on any atom is 0.0871 e. The smallest absolute Gasteiger partial charge is 0.0871 e. The summed E-state index contributed by atoms with van der Waals surface area (Å²) in [5.41, 5.74) is 8.36. The maximum absolute atomic E-state index is 10.6. The van der Waals surface area contributed by atoms with E-state index in [9.17, 15) is 5.11 Å². The van der Waals surface area contributed by atoms with Gasteiger partial charge in [-0.05, 0) is 55.8 Å². The van der Waals surface area contributed by atoms with E-state index in [0.29, 0.717) is 0 Å². The van der Waals surface area contributed by atoms with Gasteiger partial charge in [0.1, 0.15) is 0 Å². The summed E-state index contributed by atoms with van der Waals surface area (Å²) in [5.74, 6) is 0. The molecule has 2 aromatic carbocycles. The van der Waals surface area contributed by atoms with Crippen molar-refractivity contribution in [2.75, 3.05) is 6.54 Å². The summed E-state index contributed by atoms with van der Waals surface area (Å²) in [7, 11) is 0. The van der Waals surface area contributed by atoms with Crippen molar-refractivity contribution in [3.8, 4) is 0 Å². The highest BCUT2D eigenvalue weighted by Gasteiger charge is 2.22. The molecule has 3 N–H and O–H groups in total. The van der Waals surface area contributed by atoms with Crippen molar-refractivity contribution in [2.24, 2.45) is 5.73 Å². The monoisotopic (exact) mass is 283 g/mol. The summed E-state index contributed by atoms with van der Waals surface area (Å²) in [6.45, 7) is 2.62. The Balaban J connectivity index is 1.99. The molecule has 112 valence electrons. The average Bonchev–Trinajstić information content (AvgIpc) is 2.52. The molecule has 21 heavy (non-hydrogen) atoms. The predicted octanol–water partition coefficient (Wildman–Crippen LogP) is 3.42. The van der Waals surface area contributed by atoms with Crippen molar-refractivity contribution in [2.45, 2.75) is 38.2 Å². The lowest BCUT2D eigenvalue weighted by molar-refractivity contribution is 0.0480. The Bertz CT molecular complexity index is 549. The van der Waals surface area contributed by atoms with Crippen molar-refractivity contribution in [1.82, 2.24) is 0 Å². The van der Waals surface area contributed by atoms with Gasteiger partial charge in [-0.15, -0.1) is 0 Å². The zero-order valence-corrected chi connectivity index (χ0v) is 12.8. The van der Waals surface area contributed by atoms with Crippen LogP contribution >= 0.6 is 0 Å². The minimum Gasteiger partial charge on any atom is -0.385 e. The van der Waals surface area contributed by atoms with E-state index >= 15 is 0 Å². The molecule has 0 spiro atoms. The van der Waals surface area contributed by atoms with E-state index in [1.165, 1.54) is 11.1 Å². The second-order valence-electron chi connectivity index (χ2n) is 5.85. The quantitative estimate of drug-likeness (QED) is 0.818. The third-order valence-corrected chi connectivity index (χ3v) is 3.96. The van der Waals surface area contributed by atoms with Crippen molar-refractivity contribution in [3.05, 3.63) is 71.3 Å². The summed E-state index contributed by atoms with van der Waals surface area (Å²) >= 11 is 0. The zero-order valence-electron chi connectivity index (χ0n) is 12.8. The van der Waals surface area contributed by atoms with E-state index in [1.54, 1.807) is 0 Å². The first-order valence-electron chi connectivity index (χ1n) is 7.67. The molecule has 0 radical (unpaired) electrons. The van der Waals surface area contributed by atoms with Gasteiger partial charge in [-0.1, -0.05) is 54.6 Å². The SMILES string of the molecule is CC(O)(CCc1cccc(CCCN)c1)c1ccccc1. The van der Waals surface area contributed by atoms with Gasteiger partial charge >= 0.3 is 0 Å². The molecule has 0 aliphatic rings. The van der Waals surface area contributed by atoms with Crippen molar-refractivity contribution < 1.29 is 5.11 Å². The fourth-order valence-corrected chi connectivity index (χ4v) is 2.58. The van der Waals surface area contributed by atoms with Crippen LogP contribution in [0.5, 0.6) is 0 Å². The summed E-state index contributed by atoms with van der Waals surface area (Å²) in [4.78, 5) is 0. The molecule has 0 aliphatic carbocycles. The van der Waals surface area contributed by atoms with Gasteiger partial charge in [-0.2, -0.15) is 0 Å². The molecule has 0 bridgehead atoms. The zero-order chi connectivity index (χ0) is 15.1. The van der Waals surface area contributed by atoms with Gasteiger partial charge in [0.2, 0.25) is 0 Å². The average molecular weight is 283 g/mol. The van der Waals surface area contributed by atoms with E-state index in [4.69, 9.17) is 5.73 Å². The third kappa shape index (κ3) is 4.69. The van der Waals surface area contributed by atoms with E-state index in [0.717, 1.165) is 37.8 Å². The normalized spacial score (nSPS) is 13.9. The predicted molar refractivity (Wildman–Crippen MR) is 88.2 cm³/mol. The lowest BCUT2D eigenvalue weighted by atomic mass is 9.89. The molecule has 0 saturated carbocycles. The number of nitrogens with two attached hydrogens (primary N) is 1. The van der Waals surface area contributed by atoms with Gasteiger partial charge in [0.15, 0.2) is 0 Å². The molecule has 0 saturated heterocycles. The topological polar surface area (TPSA) is 46.2 Å². The Hall–Kier alpha value is -1.64. The molecule has 1 unspecified atom stereocenters. The van der Waals surface area contributed by atoms with Crippen LogP contribution in [0.4, 0.5) is 0 Å². The van der Waals surface area contributed by atoms with Gasteiger partial charge in [-0.25, -0.2) is 0 Å². The van der Waals surface area contributed by atoms with E-state index in [1.807, 2.05) is 37.3 Å². The van der Waals surface area contributed by atoms with Crippen LogP contribution in [0.2, 0.25) is 0 Å². The van der Waals surface area contributed by atoms with Gasteiger partial charge in [0.25, 0.3) is 0 Å². The van der Waals surface area contributed by atoms with Crippen LogP contribution in [-0.2, 0) is 18.4 Å². The van der Waals surface area contributed by atoms with E-state index < -0.39 is 5.60 Å². The standard InChI is InChI=1S/C19H25NO/c1-19(21,18-10-3-2-4-11-18)13-12-17-8-5-7-16(15-17)9-6-14-20/h2-5,7-8,10-11,15,21H,6,9,12-14,20H2,1H3. The largest absolute Gasteiger partial charge is 0.385 e. The molecule has 1 atom stereocenters. The van der Waals surface area contributed by atoms with E-state index in [2.05, 4.69) is 24.3 Å². The minimum atomic E-state index is -0.783. The summed E-state index contributed by atoms with van der Waals surface area (Å²) in [6, 6.07) is 18.5. The highest BCUT2D eigenvalue weighted by molar-refractivity contribution is 5.25. The number of hydrogen-bond acceptors (Lipinski definition) is 2. The molecule has 2 rings (SSSR count). The second kappa shape index (κ2) is 7.39. The maximum atomic E-state index is 10.6. The highest BCUT2D eigenvalue weighted by Crippen LogP contribution is 2.26. The fraction of sp³-hybridized carbons (Fsp3) is 0.368. The number of hydrogen-bond donors (Lipinski definition) is 2. The Morgan fingerprint density at radius 1 is 0.952 bits per heavy atom. The van der Waals surface area contributed by atoms with Crippen LogP contribution < -0.4 is 5.73 Å². The van der Waals surface area contributed by atoms with Crippen LogP contribution in [-0.4, -0.2) is 11.7 Å². The minimum absolute atomic E-state index is 0.720. The summed E-state index contributed by atoms with van der Waals surface area (Å²) < 4.78 is 0. The first kappa shape index (κ1) is 15.7. The van der Waals surface area contributed by atoms with Gasteiger partial charge in [-0.3, -0.25) is 0 Å². The first-order valence-corrected chi connectivity index (χ1v) is 7.67. The molecule has 2 nitrogen and oxygen atoms in total. The first-order chi connectivity index (χ1) is 10.1. The molecule has 0 amide bonds. The van der Waals surface area contributed by atoms with E-state index in [-0.39, 0.29) is 0 Å². The Morgan fingerprint density at radius 3 is 2.29 bits per heavy atom. The lowest BCUT2D eigenvalue weighted by Crippen LogP contribution is -2.21. The van der Waals surface area contributed by atoms with Crippen LogP contribution in [0.1, 0.15) is 36.5 Å². The van der Waals surface area contributed by atoms with Crippen molar-refractivity contribution in [3.63, 3.8) is 0 Å². The number of rotatable bonds is 7. The fourth-order valence-electron chi connectivity index (χ4n) is 2.58. The van der Waals surface area contributed by atoms with Gasteiger partial charge in [0, 0.05) is 0 Å². The molecular formula is C19H25NO. The number of aliphatic hydroxyl groups is 1. The molecule has 0 aromatic heterocycles. The Kier molecular flexibility index (Phi) is 5.54. The molecule has 2 heteroatoms. The van der Waals surface area contributed by atoms with Crippen LogP contribution in [0.15, 0.2) is 54.6 Å². The van der Waals surface area contributed by atoms with Crippen molar-refractivity contribution in [1.29, 1.82) is 0 Å². The Morgan fingerprint density at radius 2 is 1.62 bits per heavy atom. The molecule has 2 aromatic rings. The van der Waals surface area contributed by atoms with Crippen LogP contribution in [0.25, 0.3) is 0 Å². The Labute approximate surface area is 127 Å². The molecule has 0 fully saturated rings. The molecule has 0 heterocycles. The van der Waals surface area contributed by atoms with Gasteiger partial charge in [0.05, 0.1) is 5.60 Å². The molecule has 0 aliphatic heterocycles. The lowest BCUT2D eigenvalue weighted by Gasteiger charge is -2.24.